The second kappa shape index (κ2) is 9.49. The molecule has 1 atom stereocenters. The van der Waals surface area contributed by atoms with Crippen molar-refractivity contribution in [2.24, 2.45) is 0 Å². The van der Waals surface area contributed by atoms with Crippen LogP contribution in [0.1, 0.15) is 40.6 Å². The van der Waals surface area contributed by atoms with Crippen LogP contribution in [0.2, 0.25) is 0 Å². The third-order valence-corrected chi connectivity index (χ3v) is 6.44. The number of rotatable bonds is 7. The SMILES string of the molecule is CCN1CCCC(Oc2ccc(Nc3nc(N)c(C(=O)c4cccc(C)c4)s3)cc2)C1. The molecule has 1 fully saturated rings. The number of ether oxygens (including phenoxy) is 1. The van der Waals surface area contributed by atoms with Gasteiger partial charge in [-0.25, -0.2) is 4.98 Å². The summed E-state index contributed by atoms with van der Waals surface area (Å²) in [7, 11) is 0. The van der Waals surface area contributed by atoms with Gasteiger partial charge in [-0.1, -0.05) is 42.0 Å². The lowest BCUT2D eigenvalue weighted by atomic mass is 10.1. The zero-order valence-electron chi connectivity index (χ0n) is 17.9. The monoisotopic (exact) mass is 436 g/mol. The molecule has 2 aromatic carbocycles. The molecular formula is C24H28N4O2S. The number of nitrogens with zero attached hydrogens (tertiary/aromatic N) is 2. The first-order valence-corrected chi connectivity index (χ1v) is 11.5. The number of likely N-dealkylation sites (tertiary alicyclic amines) is 1. The minimum atomic E-state index is -0.107. The number of nitrogens with two attached hydrogens (primary N) is 1. The molecule has 1 aliphatic heterocycles. The largest absolute Gasteiger partial charge is 0.489 e. The second-order valence-corrected chi connectivity index (χ2v) is 8.86. The zero-order chi connectivity index (χ0) is 21.8. The van der Waals surface area contributed by atoms with Crippen molar-refractivity contribution in [2.75, 3.05) is 30.7 Å². The summed E-state index contributed by atoms with van der Waals surface area (Å²) < 4.78 is 6.16. The predicted octanol–water partition coefficient (Wildman–Crippen LogP) is 4.87. The van der Waals surface area contributed by atoms with Gasteiger partial charge in [0, 0.05) is 17.8 Å². The van der Waals surface area contributed by atoms with E-state index >= 15 is 0 Å². The maximum Gasteiger partial charge on any atom is 0.206 e. The van der Waals surface area contributed by atoms with Gasteiger partial charge in [0.05, 0.1) is 0 Å². The van der Waals surface area contributed by atoms with Crippen molar-refractivity contribution in [3.8, 4) is 5.75 Å². The number of nitrogen functional groups attached to an aromatic ring is 1. The average molecular weight is 437 g/mol. The Morgan fingerprint density at radius 3 is 2.84 bits per heavy atom. The number of ketones is 1. The fourth-order valence-corrected chi connectivity index (χ4v) is 4.66. The van der Waals surface area contributed by atoms with Crippen molar-refractivity contribution >= 4 is 33.8 Å². The lowest BCUT2D eigenvalue weighted by Crippen LogP contribution is -2.40. The van der Waals surface area contributed by atoms with Crippen LogP contribution in [0, 0.1) is 6.92 Å². The van der Waals surface area contributed by atoms with Crippen LogP contribution in [0.15, 0.2) is 48.5 Å². The first kappa shape index (κ1) is 21.3. The van der Waals surface area contributed by atoms with Gasteiger partial charge < -0.3 is 15.8 Å². The molecule has 0 aliphatic carbocycles. The number of hydrogen-bond acceptors (Lipinski definition) is 7. The first-order chi connectivity index (χ1) is 15.0. The molecule has 1 unspecified atom stereocenters. The Morgan fingerprint density at radius 1 is 1.29 bits per heavy atom. The molecule has 0 radical (unpaired) electrons. The topological polar surface area (TPSA) is 80.5 Å². The van der Waals surface area contributed by atoms with Crippen molar-refractivity contribution in [2.45, 2.75) is 32.8 Å². The molecule has 0 saturated carbocycles. The van der Waals surface area contributed by atoms with Crippen molar-refractivity contribution in [1.82, 2.24) is 9.88 Å². The van der Waals surface area contributed by atoms with Gasteiger partial charge >= 0.3 is 0 Å². The van der Waals surface area contributed by atoms with Gasteiger partial charge in [0.15, 0.2) is 5.13 Å². The highest BCUT2D eigenvalue weighted by atomic mass is 32.1. The van der Waals surface area contributed by atoms with Crippen molar-refractivity contribution < 1.29 is 9.53 Å². The van der Waals surface area contributed by atoms with Gasteiger partial charge in [-0.3, -0.25) is 9.69 Å². The quantitative estimate of drug-likeness (QED) is 0.514. The molecule has 3 aromatic rings. The van der Waals surface area contributed by atoms with E-state index in [1.54, 1.807) is 6.07 Å². The minimum Gasteiger partial charge on any atom is -0.489 e. The molecule has 2 heterocycles. The molecular weight excluding hydrogens is 408 g/mol. The summed E-state index contributed by atoms with van der Waals surface area (Å²) in [6, 6.07) is 15.3. The minimum absolute atomic E-state index is 0.107. The molecule has 0 spiro atoms. The van der Waals surface area contributed by atoms with Crippen LogP contribution in [0.3, 0.4) is 0 Å². The van der Waals surface area contributed by atoms with Crippen molar-refractivity contribution in [3.63, 3.8) is 0 Å². The standard InChI is InChI=1S/C24H28N4O2S/c1-3-28-13-5-8-20(15-28)30-19-11-9-18(10-12-19)26-24-27-23(25)22(31-24)21(29)17-7-4-6-16(2)14-17/h4,6-7,9-12,14,20H,3,5,8,13,15,25H2,1-2H3,(H,26,27). The van der Waals surface area contributed by atoms with Crippen molar-refractivity contribution in [1.29, 1.82) is 0 Å². The van der Waals surface area contributed by atoms with Crippen molar-refractivity contribution in [3.05, 3.63) is 64.5 Å². The molecule has 3 N–H and O–H groups in total. The Hall–Kier alpha value is -2.90. The van der Waals surface area contributed by atoms with E-state index in [1.165, 1.54) is 17.8 Å². The van der Waals surface area contributed by atoms with Gasteiger partial charge in [-0.05, 0) is 63.2 Å². The van der Waals surface area contributed by atoms with Crippen LogP contribution in [0.4, 0.5) is 16.6 Å². The maximum atomic E-state index is 12.8. The van der Waals surface area contributed by atoms with E-state index in [-0.39, 0.29) is 17.7 Å². The highest BCUT2D eigenvalue weighted by Gasteiger charge is 2.20. The molecule has 1 aliphatic rings. The molecule has 1 aromatic heterocycles. The number of aryl methyl sites for hydroxylation is 1. The number of piperidine rings is 1. The van der Waals surface area contributed by atoms with Crippen LogP contribution >= 0.6 is 11.3 Å². The van der Waals surface area contributed by atoms with E-state index in [4.69, 9.17) is 10.5 Å². The number of nitrogens with one attached hydrogen (secondary N) is 1. The van der Waals surface area contributed by atoms with Gasteiger partial charge in [0.1, 0.15) is 22.5 Å². The van der Waals surface area contributed by atoms with Crippen LogP contribution in [0.25, 0.3) is 0 Å². The lowest BCUT2D eigenvalue weighted by molar-refractivity contribution is 0.0920. The van der Waals surface area contributed by atoms with Crippen LogP contribution in [0.5, 0.6) is 5.75 Å². The summed E-state index contributed by atoms with van der Waals surface area (Å²) in [5.74, 6) is 1.00. The Balaban J connectivity index is 1.40. The van der Waals surface area contributed by atoms with E-state index in [2.05, 4.69) is 22.1 Å². The third kappa shape index (κ3) is 5.24. The van der Waals surface area contributed by atoms with E-state index in [0.717, 1.165) is 43.1 Å². The maximum absolute atomic E-state index is 12.8. The number of carbonyl (C=O) groups excluding carboxylic acids is 1. The summed E-state index contributed by atoms with van der Waals surface area (Å²) in [6.07, 6.45) is 2.50. The van der Waals surface area contributed by atoms with E-state index in [1.807, 2.05) is 49.4 Å². The molecule has 162 valence electrons. The molecule has 6 nitrogen and oxygen atoms in total. The Kier molecular flexibility index (Phi) is 6.53. The molecule has 31 heavy (non-hydrogen) atoms. The summed E-state index contributed by atoms with van der Waals surface area (Å²) in [4.78, 5) is 20.0. The normalized spacial score (nSPS) is 16.8. The van der Waals surface area contributed by atoms with Gasteiger partial charge in [0.2, 0.25) is 5.78 Å². The summed E-state index contributed by atoms with van der Waals surface area (Å²) in [5, 5.41) is 3.83. The lowest BCUT2D eigenvalue weighted by Gasteiger charge is -2.32. The van der Waals surface area contributed by atoms with Gasteiger partial charge in [0.25, 0.3) is 0 Å². The fourth-order valence-electron chi connectivity index (χ4n) is 3.79. The van der Waals surface area contributed by atoms with Gasteiger partial charge in [-0.2, -0.15) is 0 Å². The zero-order valence-corrected chi connectivity index (χ0v) is 18.7. The first-order valence-electron chi connectivity index (χ1n) is 10.7. The highest BCUT2D eigenvalue weighted by Crippen LogP contribution is 2.30. The molecule has 1 saturated heterocycles. The molecule has 7 heteroatoms. The highest BCUT2D eigenvalue weighted by molar-refractivity contribution is 7.18. The Labute approximate surface area is 187 Å². The number of anilines is 3. The number of aromatic nitrogens is 1. The Morgan fingerprint density at radius 2 is 2.10 bits per heavy atom. The van der Waals surface area contributed by atoms with E-state index in [9.17, 15) is 4.79 Å². The number of benzene rings is 2. The average Bonchev–Trinajstić information content (AvgIpc) is 3.14. The fraction of sp³-hybridized carbons (Fsp3) is 0.333. The molecule has 0 bridgehead atoms. The van der Waals surface area contributed by atoms with E-state index in [0.29, 0.717) is 15.6 Å². The number of likely N-dealkylation sites (N-methyl/N-ethyl adjacent to an activating group) is 1. The predicted molar refractivity (Wildman–Crippen MR) is 127 cm³/mol. The number of thiazole rings is 1. The summed E-state index contributed by atoms with van der Waals surface area (Å²) in [5.41, 5.74) is 8.56. The van der Waals surface area contributed by atoms with Gasteiger partial charge in [-0.15, -0.1) is 0 Å². The smallest absolute Gasteiger partial charge is 0.206 e. The Bertz CT molecular complexity index is 1050. The van der Waals surface area contributed by atoms with Crippen LogP contribution < -0.4 is 15.8 Å². The van der Waals surface area contributed by atoms with E-state index < -0.39 is 0 Å². The van der Waals surface area contributed by atoms with Crippen LogP contribution in [-0.2, 0) is 0 Å². The van der Waals surface area contributed by atoms with Crippen LogP contribution in [-0.4, -0.2) is 41.4 Å². The molecule has 0 amide bonds. The third-order valence-electron chi connectivity index (χ3n) is 5.46. The summed E-state index contributed by atoms with van der Waals surface area (Å²) >= 11 is 1.26. The number of hydrogen-bond donors (Lipinski definition) is 2. The molecule has 4 rings (SSSR count). The second-order valence-electron chi connectivity index (χ2n) is 7.86. The number of carbonyl (C=O) groups is 1. The summed E-state index contributed by atoms with van der Waals surface area (Å²) in [6.45, 7) is 7.35.